The van der Waals surface area contributed by atoms with Gasteiger partial charge in [0.15, 0.2) is 0 Å². The minimum atomic E-state index is -4.51. The zero-order valence-electron chi connectivity index (χ0n) is 12.4. The summed E-state index contributed by atoms with van der Waals surface area (Å²) in [4.78, 5) is 1.09. The van der Waals surface area contributed by atoms with Gasteiger partial charge in [0.25, 0.3) is 0 Å². The number of H-pyrrole nitrogens is 1. The summed E-state index contributed by atoms with van der Waals surface area (Å²) in [5.41, 5.74) is 0.276. The molecule has 0 aliphatic carbocycles. The van der Waals surface area contributed by atoms with Crippen LogP contribution in [0.5, 0.6) is 0 Å². The Hall–Kier alpha value is -0.880. The molecule has 134 valence electrons. The van der Waals surface area contributed by atoms with Crippen molar-refractivity contribution in [3.8, 4) is 0 Å². The number of halogens is 4. The Morgan fingerprint density at radius 3 is 2.48 bits per heavy atom. The van der Waals surface area contributed by atoms with Crippen LogP contribution in [0.15, 0.2) is 11.1 Å². The van der Waals surface area contributed by atoms with Crippen LogP contribution < -0.4 is 10.0 Å². The lowest BCUT2D eigenvalue weighted by atomic mass is 10.2. The summed E-state index contributed by atoms with van der Waals surface area (Å²) < 4.78 is 65.7. The fraction of sp³-hybridized carbons (Fsp3) is 0.727. The second-order valence-electron chi connectivity index (χ2n) is 5.05. The third-order valence-corrected chi connectivity index (χ3v) is 5.05. The van der Waals surface area contributed by atoms with E-state index in [1.165, 1.54) is 11.8 Å². The number of rotatable bonds is 5. The molecule has 1 atom stereocenters. The van der Waals surface area contributed by atoms with E-state index in [2.05, 4.69) is 15.5 Å². The fourth-order valence-electron chi connectivity index (χ4n) is 2.32. The molecule has 0 radical (unpaired) electrons. The van der Waals surface area contributed by atoms with Gasteiger partial charge in [0.2, 0.25) is 10.0 Å². The fourth-order valence-corrected chi connectivity index (χ4v) is 3.50. The van der Waals surface area contributed by atoms with Crippen molar-refractivity contribution in [3.63, 3.8) is 0 Å². The van der Waals surface area contributed by atoms with Crippen molar-refractivity contribution >= 4 is 22.4 Å². The van der Waals surface area contributed by atoms with E-state index in [4.69, 9.17) is 0 Å². The Kier molecular flexibility index (Phi) is 6.83. The topological polar surface area (TPSA) is 90.1 Å². The van der Waals surface area contributed by atoms with Gasteiger partial charge in [-0.15, -0.1) is 12.4 Å². The highest BCUT2D eigenvalue weighted by molar-refractivity contribution is 7.89. The van der Waals surface area contributed by atoms with E-state index in [1.807, 2.05) is 4.72 Å². The molecule has 12 heteroatoms. The summed E-state index contributed by atoms with van der Waals surface area (Å²) in [7, 11) is -4.03. The van der Waals surface area contributed by atoms with Crippen molar-refractivity contribution < 1.29 is 21.6 Å². The maximum atomic E-state index is 13.2. The molecule has 7 nitrogen and oxygen atoms in total. The molecular formula is C11H19ClF3N5O2S. The van der Waals surface area contributed by atoms with E-state index in [0.717, 1.165) is 6.20 Å². The Labute approximate surface area is 138 Å². The van der Waals surface area contributed by atoms with E-state index < -0.39 is 28.8 Å². The number of hydrogen-bond acceptors (Lipinski definition) is 5. The number of hydrogen-bond donors (Lipinski definition) is 3. The van der Waals surface area contributed by atoms with Gasteiger partial charge in [-0.1, -0.05) is 0 Å². The quantitative estimate of drug-likeness (QED) is 0.684. The molecule has 0 spiro atoms. The summed E-state index contributed by atoms with van der Waals surface area (Å²) in [5.74, 6) is 0. The molecule has 1 aromatic heterocycles. The van der Waals surface area contributed by atoms with Gasteiger partial charge in [-0.3, -0.25) is 10.00 Å². The summed E-state index contributed by atoms with van der Waals surface area (Å²) in [6, 6.07) is -1.85. The van der Waals surface area contributed by atoms with Crippen LogP contribution in [0.3, 0.4) is 0 Å². The summed E-state index contributed by atoms with van der Waals surface area (Å²) >= 11 is 0. The number of aryl methyl sites for hydroxylation is 1. The minimum absolute atomic E-state index is 0. The average molecular weight is 378 g/mol. The largest absolute Gasteiger partial charge is 0.405 e. The molecule has 2 rings (SSSR count). The molecule has 1 fully saturated rings. The van der Waals surface area contributed by atoms with Gasteiger partial charge in [0.05, 0.1) is 11.9 Å². The number of aromatic nitrogens is 2. The molecule has 1 aliphatic rings. The van der Waals surface area contributed by atoms with Crippen molar-refractivity contribution in [1.82, 2.24) is 25.1 Å². The summed E-state index contributed by atoms with van der Waals surface area (Å²) in [6.07, 6.45) is -3.43. The predicted octanol–water partition coefficient (Wildman–Crippen LogP) is 0.254. The number of aromatic amines is 1. The molecule has 1 aliphatic heterocycles. The van der Waals surface area contributed by atoms with Gasteiger partial charge in [-0.2, -0.15) is 18.3 Å². The molecule has 0 aromatic carbocycles. The zero-order valence-corrected chi connectivity index (χ0v) is 14.0. The van der Waals surface area contributed by atoms with Gasteiger partial charge in [-0.25, -0.2) is 13.1 Å². The van der Waals surface area contributed by atoms with Crippen molar-refractivity contribution in [3.05, 3.63) is 11.9 Å². The van der Waals surface area contributed by atoms with Crippen LogP contribution in [-0.2, 0) is 10.0 Å². The first-order valence-electron chi connectivity index (χ1n) is 6.73. The summed E-state index contributed by atoms with van der Waals surface area (Å²) in [5, 5.41) is 8.98. The highest BCUT2D eigenvalue weighted by Crippen LogP contribution is 2.25. The van der Waals surface area contributed by atoms with Crippen LogP contribution >= 0.6 is 12.4 Å². The number of alkyl halides is 3. The maximum absolute atomic E-state index is 13.2. The summed E-state index contributed by atoms with van der Waals surface area (Å²) in [6.45, 7) is 2.09. The van der Waals surface area contributed by atoms with Gasteiger partial charge in [0.1, 0.15) is 10.9 Å². The monoisotopic (exact) mass is 377 g/mol. The smallest absolute Gasteiger partial charge is 0.314 e. The maximum Gasteiger partial charge on any atom is 0.405 e. The lowest BCUT2D eigenvalue weighted by molar-refractivity contribution is -0.182. The first-order valence-corrected chi connectivity index (χ1v) is 8.21. The number of sulfonamides is 1. The molecule has 23 heavy (non-hydrogen) atoms. The van der Waals surface area contributed by atoms with Crippen LogP contribution in [0.25, 0.3) is 0 Å². The van der Waals surface area contributed by atoms with E-state index in [9.17, 15) is 21.6 Å². The van der Waals surface area contributed by atoms with E-state index in [0.29, 0.717) is 13.1 Å². The predicted molar refractivity (Wildman–Crippen MR) is 80.0 cm³/mol. The van der Waals surface area contributed by atoms with Crippen molar-refractivity contribution in [2.75, 3.05) is 32.7 Å². The second-order valence-corrected chi connectivity index (χ2v) is 6.79. The van der Waals surface area contributed by atoms with E-state index >= 15 is 0 Å². The molecule has 0 amide bonds. The highest BCUT2D eigenvalue weighted by atomic mass is 35.5. The third-order valence-electron chi connectivity index (χ3n) is 3.51. The lowest BCUT2D eigenvalue weighted by Gasteiger charge is -2.35. The van der Waals surface area contributed by atoms with Gasteiger partial charge < -0.3 is 5.32 Å². The lowest BCUT2D eigenvalue weighted by Crippen LogP contribution is -2.57. The normalized spacial score (nSPS) is 18.4. The standard InChI is InChI=1S/C11H18F3N5O2S.ClH/c1-8-9(6-16-18-8)22(20,21)17-7-10(11(12,13)14)19-4-2-15-3-5-19;/h6,10,15,17H,2-5,7H2,1H3,(H,16,18);1H. The Morgan fingerprint density at radius 2 is 2.00 bits per heavy atom. The average Bonchev–Trinajstić information content (AvgIpc) is 2.85. The van der Waals surface area contributed by atoms with Crippen LogP contribution in [0.2, 0.25) is 0 Å². The number of piperazine rings is 1. The van der Waals surface area contributed by atoms with Gasteiger partial charge >= 0.3 is 6.18 Å². The second kappa shape index (κ2) is 7.79. The molecule has 0 saturated carbocycles. The van der Waals surface area contributed by atoms with Gasteiger partial charge in [-0.05, 0) is 6.92 Å². The Balaban J connectivity index is 0.00000264. The number of nitrogens with zero attached hydrogens (tertiary/aromatic N) is 2. The van der Waals surface area contributed by atoms with Crippen molar-refractivity contribution in [2.45, 2.75) is 24.0 Å². The highest BCUT2D eigenvalue weighted by Gasteiger charge is 2.44. The Morgan fingerprint density at radius 1 is 1.39 bits per heavy atom. The van der Waals surface area contributed by atoms with Crippen LogP contribution in [0.4, 0.5) is 13.2 Å². The molecule has 1 unspecified atom stereocenters. The zero-order chi connectivity index (χ0) is 16.4. The van der Waals surface area contributed by atoms with Crippen molar-refractivity contribution in [2.24, 2.45) is 0 Å². The van der Waals surface area contributed by atoms with Crippen LogP contribution in [0, 0.1) is 6.92 Å². The first kappa shape index (κ1) is 20.2. The van der Waals surface area contributed by atoms with E-state index in [-0.39, 0.29) is 36.1 Å². The van der Waals surface area contributed by atoms with Crippen LogP contribution in [-0.4, -0.2) is 68.5 Å². The molecule has 1 saturated heterocycles. The van der Waals surface area contributed by atoms with E-state index in [1.54, 1.807) is 0 Å². The molecule has 3 N–H and O–H groups in total. The number of nitrogens with one attached hydrogen (secondary N) is 3. The Bertz CT molecular complexity index is 601. The molecule has 2 heterocycles. The first-order chi connectivity index (χ1) is 10.2. The van der Waals surface area contributed by atoms with Crippen LogP contribution in [0.1, 0.15) is 5.69 Å². The third kappa shape index (κ3) is 5.05. The van der Waals surface area contributed by atoms with Gasteiger partial charge in [0, 0.05) is 32.7 Å². The van der Waals surface area contributed by atoms with Crippen molar-refractivity contribution in [1.29, 1.82) is 0 Å². The molecular weight excluding hydrogens is 359 g/mol. The molecule has 1 aromatic rings. The molecule has 0 bridgehead atoms. The SMILES string of the molecule is Cc1[nH]ncc1S(=O)(=O)NCC(N1CCNCC1)C(F)(F)F.Cl. The minimum Gasteiger partial charge on any atom is -0.314 e.